The highest BCUT2D eigenvalue weighted by Crippen LogP contribution is 2.46. The maximum atomic E-state index is 2.55. The van der Waals surface area contributed by atoms with Gasteiger partial charge in [0, 0.05) is 14.7 Å². The average Bonchev–Trinajstić information content (AvgIpc) is 2.85. The smallest absolute Gasteiger partial charge is 0.0299 e. The molecule has 31 heavy (non-hydrogen) atoms. The first kappa shape index (κ1) is 19.8. The average molecular weight is 508 g/mol. The Morgan fingerprint density at radius 1 is 0.355 bits per heavy atom. The lowest BCUT2D eigenvalue weighted by atomic mass is 9.85. The van der Waals surface area contributed by atoms with E-state index in [1.165, 1.54) is 48.1 Å². The Kier molecular flexibility index (Phi) is 5.68. The first-order valence-corrected chi connectivity index (χ1v) is 11.5. The fourth-order valence-corrected chi connectivity index (χ4v) is 5.32. The van der Waals surface area contributed by atoms with Gasteiger partial charge in [-0.2, -0.15) is 0 Å². The summed E-state index contributed by atoms with van der Waals surface area (Å²) in [7, 11) is 0. The minimum absolute atomic E-state index is 1.23. The summed E-state index contributed by atoms with van der Waals surface area (Å²) in [5.74, 6) is 0. The number of hydrogen-bond donors (Lipinski definition) is 0. The number of hydrogen-bond acceptors (Lipinski definition) is 0. The van der Waals surface area contributed by atoms with E-state index in [-0.39, 0.29) is 0 Å². The van der Waals surface area contributed by atoms with E-state index < -0.39 is 0 Å². The quantitative estimate of drug-likeness (QED) is 0.213. The first-order valence-electron chi connectivity index (χ1n) is 10.4. The van der Waals surface area contributed by atoms with Crippen LogP contribution in [0.3, 0.4) is 0 Å². The Bertz CT molecular complexity index is 1190. The predicted octanol–water partition coefficient (Wildman–Crippen LogP) is 8.96. The molecule has 0 saturated carbocycles. The lowest BCUT2D eigenvalue weighted by Gasteiger charge is -2.21. The van der Waals surface area contributed by atoms with Crippen molar-refractivity contribution in [2.24, 2.45) is 0 Å². The number of rotatable bonds is 4. The lowest BCUT2D eigenvalue weighted by molar-refractivity contribution is 1.52. The van der Waals surface area contributed by atoms with Crippen molar-refractivity contribution in [2.45, 2.75) is 0 Å². The molecule has 0 saturated heterocycles. The van der Waals surface area contributed by atoms with Gasteiger partial charge in [-0.3, -0.25) is 0 Å². The van der Waals surface area contributed by atoms with E-state index in [1.807, 2.05) is 0 Å². The molecule has 5 aromatic rings. The van der Waals surface area contributed by atoms with Crippen LogP contribution in [0.2, 0.25) is 0 Å². The largest absolute Gasteiger partial charge is 0.0622 e. The highest BCUT2D eigenvalue weighted by atomic mass is 127. The lowest BCUT2D eigenvalue weighted by Crippen LogP contribution is -1.97. The van der Waals surface area contributed by atoms with Gasteiger partial charge in [-0.15, -0.1) is 0 Å². The predicted molar refractivity (Wildman–Crippen MR) is 141 cm³/mol. The van der Waals surface area contributed by atoms with E-state index in [2.05, 4.69) is 150 Å². The monoisotopic (exact) mass is 508 g/mol. The Hall–Kier alpha value is -3.17. The van der Waals surface area contributed by atoms with Gasteiger partial charge < -0.3 is 0 Å². The molecular formula is C30H21I. The van der Waals surface area contributed by atoms with Gasteiger partial charge in [0.25, 0.3) is 0 Å². The summed E-state index contributed by atoms with van der Waals surface area (Å²) < 4.78 is 1.27. The zero-order valence-electron chi connectivity index (χ0n) is 17.0. The van der Waals surface area contributed by atoms with Crippen LogP contribution in [-0.4, -0.2) is 0 Å². The molecule has 0 unspecified atom stereocenters. The molecule has 1 heteroatoms. The van der Waals surface area contributed by atoms with E-state index in [4.69, 9.17) is 0 Å². The minimum Gasteiger partial charge on any atom is -0.0622 e. The van der Waals surface area contributed by atoms with Gasteiger partial charge >= 0.3 is 0 Å². The maximum Gasteiger partial charge on any atom is 0.0299 e. The first-order chi connectivity index (χ1) is 15.3. The van der Waals surface area contributed by atoms with Crippen LogP contribution in [0.4, 0.5) is 0 Å². The SMILES string of the molecule is Ic1c(-c2ccccc2)c(-c2ccccc2)cc(-c2ccccc2)c1-c1ccccc1. The van der Waals surface area contributed by atoms with Gasteiger partial charge in [0.05, 0.1) is 0 Å². The minimum atomic E-state index is 1.23. The van der Waals surface area contributed by atoms with Crippen molar-refractivity contribution >= 4 is 22.6 Å². The Morgan fingerprint density at radius 2 is 0.645 bits per heavy atom. The third-order valence-electron chi connectivity index (χ3n) is 5.56. The zero-order chi connectivity index (χ0) is 21.0. The van der Waals surface area contributed by atoms with Gasteiger partial charge in [0.2, 0.25) is 0 Å². The van der Waals surface area contributed by atoms with Crippen molar-refractivity contribution in [3.63, 3.8) is 0 Å². The van der Waals surface area contributed by atoms with Crippen LogP contribution in [0.1, 0.15) is 0 Å². The van der Waals surface area contributed by atoms with Crippen LogP contribution in [-0.2, 0) is 0 Å². The van der Waals surface area contributed by atoms with Crippen LogP contribution >= 0.6 is 22.6 Å². The Balaban J connectivity index is 1.91. The molecule has 0 nitrogen and oxygen atoms in total. The van der Waals surface area contributed by atoms with E-state index >= 15 is 0 Å². The Morgan fingerprint density at radius 3 is 0.968 bits per heavy atom. The molecule has 0 fully saturated rings. The Labute approximate surface area is 197 Å². The molecular weight excluding hydrogens is 487 g/mol. The van der Waals surface area contributed by atoms with Crippen molar-refractivity contribution in [2.75, 3.05) is 0 Å². The third-order valence-corrected chi connectivity index (χ3v) is 6.64. The summed E-state index contributed by atoms with van der Waals surface area (Å²) in [6, 6.07) is 45.3. The second kappa shape index (κ2) is 8.91. The molecule has 0 heterocycles. The molecule has 0 aliphatic heterocycles. The molecule has 0 aromatic heterocycles. The van der Waals surface area contributed by atoms with Crippen LogP contribution < -0.4 is 0 Å². The molecule has 0 spiro atoms. The van der Waals surface area contributed by atoms with Crippen molar-refractivity contribution in [1.29, 1.82) is 0 Å². The molecule has 0 bridgehead atoms. The molecule has 5 aromatic carbocycles. The van der Waals surface area contributed by atoms with Gasteiger partial charge in [-0.05, 0) is 62.0 Å². The zero-order valence-corrected chi connectivity index (χ0v) is 19.2. The van der Waals surface area contributed by atoms with Gasteiger partial charge in [0.15, 0.2) is 0 Å². The fraction of sp³-hybridized carbons (Fsp3) is 0. The molecule has 0 amide bonds. The maximum absolute atomic E-state index is 2.55. The van der Waals surface area contributed by atoms with Gasteiger partial charge in [0.1, 0.15) is 0 Å². The molecule has 5 rings (SSSR count). The standard InChI is InChI=1S/C30H21I/c31-30-28(24-17-9-3-10-18-24)26(22-13-5-1-6-14-22)21-27(23-15-7-2-8-16-23)29(30)25-19-11-4-12-20-25/h1-21H. The van der Waals surface area contributed by atoms with Crippen LogP contribution in [0.5, 0.6) is 0 Å². The molecule has 0 radical (unpaired) electrons. The van der Waals surface area contributed by atoms with Crippen molar-refractivity contribution in [1.82, 2.24) is 0 Å². The van der Waals surface area contributed by atoms with Crippen LogP contribution in [0, 0.1) is 3.57 Å². The molecule has 0 N–H and O–H groups in total. The van der Waals surface area contributed by atoms with Crippen molar-refractivity contribution in [3.8, 4) is 44.5 Å². The normalized spacial score (nSPS) is 10.7. The van der Waals surface area contributed by atoms with Gasteiger partial charge in [-0.1, -0.05) is 121 Å². The third kappa shape index (κ3) is 3.94. The molecule has 0 aliphatic rings. The summed E-state index contributed by atoms with van der Waals surface area (Å²) in [5.41, 5.74) is 10.0. The summed E-state index contributed by atoms with van der Waals surface area (Å²) >= 11 is 2.55. The van der Waals surface area contributed by atoms with Crippen LogP contribution in [0.25, 0.3) is 44.5 Å². The molecule has 0 aliphatic carbocycles. The summed E-state index contributed by atoms with van der Waals surface area (Å²) in [6.07, 6.45) is 0. The summed E-state index contributed by atoms with van der Waals surface area (Å²) in [4.78, 5) is 0. The molecule has 148 valence electrons. The number of halogens is 1. The number of benzene rings is 5. The summed E-state index contributed by atoms with van der Waals surface area (Å²) in [5, 5.41) is 0. The second-order valence-corrected chi connectivity index (χ2v) is 8.58. The fourth-order valence-electron chi connectivity index (χ4n) is 4.11. The highest BCUT2D eigenvalue weighted by molar-refractivity contribution is 14.1. The van der Waals surface area contributed by atoms with E-state index in [0.29, 0.717) is 0 Å². The van der Waals surface area contributed by atoms with Gasteiger partial charge in [-0.25, -0.2) is 0 Å². The topological polar surface area (TPSA) is 0 Å². The molecule has 0 atom stereocenters. The van der Waals surface area contributed by atoms with E-state index in [1.54, 1.807) is 0 Å². The van der Waals surface area contributed by atoms with Crippen LogP contribution in [0.15, 0.2) is 127 Å². The highest BCUT2D eigenvalue weighted by Gasteiger charge is 2.20. The summed E-state index contributed by atoms with van der Waals surface area (Å²) in [6.45, 7) is 0. The van der Waals surface area contributed by atoms with E-state index in [0.717, 1.165) is 0 Å². The van der Waals surface area contributed by atoms with E-state index in [9.17, 15) is 0 Å². The van der Waals surface area contributed by atoms with Crippen molar-refractivity contribution in [3.05, 3.63) is 131 Å². The van der Waals surface area contributed by atoms with Crippen molar-refractivity contribution < 1.29 is 0 Å². The second-order valence-electron chi connectivity index (χ2n) is 7.50.